The fourth-order valence-corrected chi connectivity index (χ4v) is 5.46. The lowest BCUT2D eigenvalue weighted by Crippen LogP contribution is -2.52. The minimum Gasteiger partial charge on any atom is -0.456 e. The smallest absolute Gasteiger partial charge is 0.338 e. The van der Waals surface area contributed by atoms with Gasteiger partial charge in [-0.15, -0.1) is 0 Å². The van der Waals surface area contributed by atoms with Crippen LogP contribution < -0.4 is 10.2 Å². The van der Waals surface area contributed by atoms with E-state index in [1.807, 2.05) is 57.2 Å². The second kappa shape index (κ2) is 9.65. The molecule has 1 unspecified atom stereocenters. The third-order valence-electron chi connectivity index (χ3n) is 7.38. The van der Waals surface area contributed by atoms with E-state index in [1.54, 1.807) is 4.90 Å². The van der Waals surface area contributed by atoms with Gasteiger partial charge in [0.15, 0.2) is 0 Å². The van der Waals surface area contributed by atoms with Crippen molar-refractivity contribution >= 4 is 29.4 Å². The van der Waals surface area contributed by atoms with Gasteiger partial charge >= 0.3 is 5.97 Å². The molecule has 0 aromatic heterocycles. The van der Waals surface area contributed by atoms with Crippen LogP contribution in [-0.2, 0) is 20.9 Å². The maximum absolute atomic E-state index is 13.0. The lowest BCUT2D eigenvalue weighted by molar-refractivity contribution is -0.136. The zero-order valence-electron chi connectivity index (χ0n) is 21.6. The Labute approximate surface area is 217 Å². The number of fused-ring (bicyclic) bond motifs is 1. The number of anilines is 1. The van der Waals surface area contributed by atoms with E-state index in [1.165, 1.54) is 5.56 Å². The topological polar surface area (TPSA) is 96.0 Å². The Bertz CT molecular complexity index is 1240. The molecule has 8 nitrogen and oxygen atoms in total. The third-order valence-corrected chi connectivity index (χ3v) is 7.38. The lowest BCUT2D eigenvalue weighted by atomic mass is 9.87. The predicted molar refractivity (Wildman–Crippen MR) is 138 cm³/mol. The van der Waals surface area contributed by atoms with E-state index in [0.717, 1.165) is 37.2 Å². The minimum absolute atomic E-state index is 0.138. The summed E-state index contributed by atoms with van der Waals surface area (Å²) in [7, 11) is 0. The van der Waals surface area contributed by atoms with Gasteiger partial charge in [-0.2, -0.15) is 0 Å². The molecule has 2 fully saturated rings. The molecule has 3 aliphatic heterocycles. The number of benzene rings is 2. The van der Waals surface area contributed by atoms with Crippen LogP contribution in [0.15, 0.2) is 42.5 Å². The number of ether oxygens (including phenoxy) is 1. The zero-order valence-corrected chi connectivity index (χ0v) is 21.6. The summed E-state index contributed by atoms with van der Waals surface area (Å²) in [6, 6.07) is 13.1. The van der Waals surface area contributed by atoms with Crippen LogP contribution in [0.1, 0.15) is 84.2 Å². The average Bonchev–Trinajstić information content (AvgIpc) is 3.18. The van der Waals surface area contributed by atoms with Crippen molar-refractivity contribution in [3.63, 3.8) is 0 Å². The zero-order chi connectivity index (χ0) is 26.3. The van der Waals surface area contributed by atoms with E-state index < -0.39 is 11.6 Å². The third kappa shape index (κ3) is 5.24. The molecule has 5 rings (SSSR count). The summed E-state index contributed by atoms with van der Waals surface area (Å²) in [6.07, 6.45) is 2.59. The van der Waals surface area contributed by atoms with Crippen LogP contribution in [0, 0.1) is 0 Å². The maximum Gasteiger partial charge on any atom is 0.338 e. The van der Waals surface area contributed by atoms with E-state index in [-0.39, 0.29) is 30.1 Å². The largest absolute Gasteiger partial charge is 0.456 e. The molecule has 194 valence electrons. The van der Waals surface area contributed by atoms with Crippen LogP contribution in [0.5, 0.6) is 0 Å². The van der Waals surface area contributed by atoms with E-state index in [9.17, 15) is 19.2 Å². The SMILES string of the molecule is CC(C)(C)OC(=O)c1ccc(N2CCC(c3ccc4c(c3)CN(C3CCC(=O)NC3=O)C4=O)CC2)cc1. The second-order valence-corrected chi connectivity index (χ2v) is 11.1. The number of hydrogen-bond acceptors (Lipinski definition) is 6. The molecule has 2 aromatic rings. The van der Waals surface area contributed by atoms with Crippen molar-refractivity contribution in [2.75, 3.05) is 18.0 Å². The van der Waals surface area contributed by atoms with Crippen LogP contribution in [0.25, 0.3) is 0 Å². The summed E-state index contributed by atoms with van der Waals surface area (Å²) in [5.41, 5.74) is 3.93. The standard InChI is InChI=1S/C29H33N3O5/c1-29(2,3)37-28(36)19-4-7-22(8-5-19)31-14-12-18(13-15-31)20-6-9-23-21(16-20)17-32(27(23)35)24-10-11-25(33)30-26(24)34/h4-9,16,18,24H,10-15,17H2,1-3H3,(H,30,33,34). The van der Waals surface area contributed by atoms with Crippen molar-refractivity contribution in [1.82, 2.24) is 10.2 Å². The van der Waals surface area contributed by atoms with Crippen molar-refractivity contribution < 1.29 is 23.9 Å². The van der Waals surface area contributed by atoms with Gasteiger partial charge in [0, 0.05) is 37.3 Å². The highest BCUT2D eigenvalue weighted by Crippen LogP contribution is 2.34. The molecular formula is C29H33N3O5. The van der Waals surface area contributed by atoms with Gasteiger partial charge in [0.25, 0.3) is 5.91 Å². The number of carbonyl (C=O) groups is 4. The van der Waals surface area contributed by atoms with E-state index in [2.05, 4.69) is 16.3 Å². The monoisotopic (exact) mass is 503 g/mol. The number of carbonyl (C=O) groups excluding carboxylic acids is 4. The van der Waals surface area contributed by atoms with Crippen molar-refractivity contribution in [3.8, 4) is 0 Å². The summed E-state index contributed by atoms with van der Waals surface area (Å²) in [4.78, 5) is 53.0. The first-order chi connectivity index (χ1) is 17.6. The number of piperidine rings is 2. The number of nitrogens with zero attached hydrogens (tertiary/aromatic N) is 2. The molecule has 0 saturated carbocycles. The normalized spacial score (nSPS) is 20.6. The molecule has 0 bridgehead atoms. The molecule has 2 saturated heterocycles. The van der Waals surface area contributed by atoms with E-state index >= 15 is 0 Å². The van der Waals surface area contributed by atoms with Gasteiger partial charge in [0.05, 0.1) is 5.56 Å². The number of nitrogens with one attached hydrogen (secondary N) is 1. The van der Waals surface area contributed by atoms with Crippen LogP contribution in [0.4, 0.5) is 5.69 Å². The summed E-state index contributed by atoms with van der Waals surface area (Å²) in [5, 5.41) is 2.35. The van der Waals surface area contributed by atoms with E-state index in [0.29, 0.717) is 30.0 Å². The molecule has 2 aromatic carbocycles. The summed E-state index contributed by atoms with van der Waals surface area (Å²) >= 11 is 0. The number of esters is 1. The Balaban J connectivity index is 1.20. The molecule has 3 aliphatic rings. The van der Waals surface area contributed by atoms with Gasteiger partial charge < -0.3 is 14.5 Å². The highest BCUT2D eigenvalue weighted by atomic mass is 16.6. The van der Waals surface area contributed by atoms with Crippen molar-refractivity contribution in [2.45, 2.75) is 70.6 Å². The molecular weight excluding hydrogens is 470 g/mol. The molecule has 37 heavy (non-hydrogen) atoms. The van der Waals surface area contributed by atoms with Gasteiger partial charge in [-0.1, -0.05) is 12.1 Å². The molecule has 0 spiro atoms. The Kier molecular flexibility index (Phi) is 6.52. The molecule has 8 heteroatoms. The summed E-state index contributed by atoms with van der Waals surface area (Å²) in [5.74, 6) is -0.728. The molecule has 1 atom stereocenters. The first-order valence-corrected chi connectivity index (χ1v) is 12.9. The van der Waals surface area contributed by atoms with Crippen molar-refractivity contribution in [1.29, 1.82) is 0 Å². The fraction of sp³-hybridized carbons (Fsp3) is 0.448. The second-order valence-electron chi connectivity index (χ2n) is 11.1. The molecule has 3 heterocycles. The van der Waals surface area contributed by atoms with Crippen molar-refractivity contribution in [2.24, 2.45) is 0 Å². The van der Waals surface area contributed by atoms with Gasteiger partial charge in [-0.05, 0) is 87.4 Å². The Hall–Kier alpha value is -3.68. The van der Waals surface area contributed by atoms with Crippen LogP contribution >= 0.6 is 0 Å². The van der Waals surface area contributed by atoms with E-state index in [4.69, 9.17) is 4.74 Å². The van der Waals surface area contributed by atoms with Crippen LogP contribution in [0.3, 0.4) is 0 Å². The van der Waals surface area contributed by atoms with Crippen LogP contribution in [-0.4, -0.2) is 53.3 Å². The molecule has 1 N–H and O–H groups in total. The molecule has 0 radical (unpaired) electrons. The number of amides is 3. The Morgan fingerprint density at radius 3 is 2.32 bits per heavy atom. The highest BCUT2D eigenvalue weighted by Gasteiger charge is 2.39. The molecule has 0 aliphatic carbocycles. The van der Waals surface area contributed by atoms with Gasteiger partial charge in [-0.3, -0.25) is 19.7 Å². The maximum atomic E-state index is 13.0. The van der Waals surface area contributed by atoms with Crippen molar-refractivity contribution in [3.05, 3.63) is 64.7 Å². The molecule has 3 amide bonds. The van der Waals surface area contributed by atoms with Crippen LogP contribution in [0.2, 0.25) is 0 Å². The first kappa shape index (κ1) is 25.0. The number of rotatable bonds is 4. The highest BCUT2D eigenvalue weighted by molar-refractivity contribution is 6.05. The van der Waals surface area contributed by atoms with Gasteiger partial charge in [0.1, 0.15) is 11.6 Å². The predicted octanol–water partition coefficient (Wildman–Crippen LogP) is 3.79. The fourth-order valence-electron chi connectivity index (χ4n) is 5.46. The average molecular weight is 504 g/mol. The summed E-state index contributed by atoms with van der Waals surface area (Å²) < 4.78 is 5.45. The number of hydrogen-bond donors (Lipinski definition) is 1. The minimum atomic E-state index is -0.592. The Morgan fingerprint density at radius 1 is 0.973 bits per heavy atom. The lowest BCUT2D eigenvalue weighted by Gasteiger charge is -2.34. The Morgan fingerprint density at radius 2 is 1.68 bits per heavy atom. The summed E-state index contributed by atoms with van der Waals surface area (Å²) in [6.45, 7) is 7.77. The number of imide groups is 1. The van der Waals surface area contributed by atoms with Gasteiger partial charge in [-0.25, -0.2) is 4.79 Å². The first-order valence-electron chi connectivity index (χ1n) is 12.9. The van der Waals surface area contributed by atoms with Gasteiger partial charge in [0.2, 0.25) is 11.8 Å². The quantitative estimate of drug-likeness (QED) is 0.504.